The predicted molar refractivity (Wildman–Crippen MR) is 135 cm³/mol. The number of hydrogen-bond donors (Lipinski definition) is 0. The number of pyridine rings is 1. The fourth-order valence-corrected chi connectivity index (χ4v) is 5.14. The van der Waals surface area contributed by atoms with Crippen molar-refractivity contribution in [2.24, 2.45) is 0 Å². The first kappa shape index (κ1) is 25.0. The third-order valence-corrected chi connectivity index (χ3v) is 6.95. The van der Waals surface area contributed by atoms with Gasteiger partial charge in [-0.2, -0.15) is 0 Å². The van der Waals surface area contributed by atoms with Gasteiger partial charge in [-0.15, -0.1) is 10.2 Å². The summed E-state index contributed by atoms with van der Waals surface area (Å²) < 4.78 is 28.8. The number of carbonyl (C=O) groups is 2. The van der Waals surface area contributed by atoms with E-state index in [1.165, 1.54) is 11.0 Å². The van der Waals surface area contributed by atoms with E-state index in [4.69, 9.17) is 9.47 Å². The van der Waals surface area contributed by atoms with Gasteiger partial charge in [-0.05, 0) is 57.2 Å². The second kappa shape index (κ2) is 9.64. The maximum atomic E-state index is 15.0. The van der Waals surface area contributed by atoms with E-state index in [0.29, 0.717) is 48.9 Å². The molecule has 0 N–H and O–H groups in total. The number of hydrogen-bond acceptors (Lipinski definition) is 6. The minimum absolute atomic E-state index is 0.0308. The van der Waals surface area contributed by atoms with Gasteiger partial charge in [-0.3, -0.25) is 14.1 Å². The van der Waals surface area contributed by atoms with Crippen LogP contribution in [0.15, 0.2) is 30.6 Å². The lowest BCUT2D eigenvalue weighted by molar-refractivity contribution is -0.129. The fourth-order valence-electron chi connectivity index (χ4n) is 5.14. The number of halogens is 1. The number of likely N-dealkylation sites (tertiary alicyclic amines) is 1. The van der Waals surface area contributed by atoms with E-state index in [1.54, 1.807) is 44.5 Å². The van der Waals surface area contributed by atoms with E-state index in [0.717, 1.165) is 24.0 Å². The molecule has 0 unspecified atom stereocenters. The Labute approximate surface area is 215 Å². The summed E-state index contributed by atoms with van der Waals surface area (Å²) in [5, 5.41) is 8.54. The molecular weight excluding hydrogens is 477 g/mol. The average Bonchev–Trinajstić information content (AvgIpc) is 3.34. The van der Waals surface area contributed by atoms with E-state index in [2.05, 4.69) is 10.2 Å². The van der Waals surface area contributed by atoms with Crippen LogP contribution in [-0.4, -0.2) is 56.8 Å². The summed E-state index contributed by atoms with van der Waals surface area (Å²) in [5.41, 5.74) is 1.99. The highest BCUT2D eigenvalue weighted by Gasteiger charge is 2.33. The summed E-state index contributed by atoms with van der Waals surface area (Å²) in [6, 6.07) is 6.85. The number of carbonyl (C=O) groups excluding carboxylic acids is 2. The molecule has 0 radical (unpaired) electrons. The molecule has 196 valence electrons. The zero-order valence-corrected chi connectivity index (χ0v) is 21.7. The van der Waals surface area contributed by atoms with Gasteiger partial charge in [-0.1, -0.05) is 12.1 Å². The highest BCUT2D eigenvalue weighted by Crippen LogP contribution is 2.40. The van der Waals surface area contributed by atoms with Crippen LogP contribution in [0.2, 0.25) is 0 Å². The predicted octanol–water partition coefficient (Wildman–Crippen LogP) is 4.47. The fraction of sp³-hybridized carbons (Fsp3) is 0.481. The van der Waals surface area contributed by atoms with Crippen LogP contribution >= 0.6 is 0 Å². The van der Waals surface area contributed by atoms with Crippen LogP contribution in [0.25, 0.3) is 5.65 Å². The van der Waals surface area contributed by atoms with Crippen LogP contribution in [0.4, 0.5) is 15.0 Å². The second-order valence-electron chi connectivity index (χ2n) is 10.6. The molecule has 5 rings (SSSR count). The third-order valence-electron chi connectivity index (χ3n) is 6.95. The van der Waals surface area contributed by atoms with Crippen LogP contribution in [0.3, 0.4) is 0 Å². The molecule has 0 spiro atoms. The molecule has 9 nitrogen and oxygen atoms in total. The number of piperidine rings is 1. The molecule has 0 bridgehead atoms. The van der Waals surface area contributed by atoms with Crippen LogP contribution in [0.5, 0.6) is 5.75 Å². The minimum atomic E-state index is -0.758. The lowest BCUT2D eigenvalue weighted by Crippen LogP contribution is -2.38. The number of rotatable bonds is 1. The molecule has 37 heavy (non-hydrogen) atoms. The first-order chi connectivity index (χ1) is 17.6. The number of benzene rings is 1. The summed E-state index contributed by atoms with van der Waals surface area (Å²) in [6.07, 6.45) is 2.98. The van der Waals surface area contributed by atoms with Crippen molar-refractivity contribution in [2.75, 3.05) is 24.6 Å². The van der Waals surface area contributed by atoms with Gasteiger partial charge in [0.15, 0.2) is 17.2 Å². The summed E-state index contributed by atoms with van der Waals surface area (Å²) in [6.45, 7) is 8.56. The number of amides is 2. The Balaban J connectivity index is 1.63. The second-order valence-corrected chi connectivity index (χ2v) is 10.6. The van der Waals surface area contributed by atoms with Crippen LogP contribution in [0.1, 0.15) is 63.1 Å². The van der Waals surface area contributed by atoms with Crippen molar-refractivity contribution in [3.05, 3.63) is 53.1 Å². The Morgan fingerprint density at radius 3 is 2.65 bits per heavy atom. The number of nitrogens with zero attached hydrogens (tertiary/aromatic N) is 5. The Morgan fingerprint density at radius 1 is 1.19 bits per heavy atom. The molecule has 3 aromatic rings. The molecule has 1 fully saturated rings. The molecule has 10 heteroatoms. The lowest BCUT2D eigenvalue weighted by Gasteiger charge is -2.32. The van der Waals surface area contributed by atoms with E-state index >= 15 is 4.39 Å². The molecule has 0 atom stereocenters. The summed E-state index contributed by atoms with van der Waals surface area (Å²) >= 11 is 0. The molecule has 1 saturated heterocycles. The highest BCUT2D eigenvalue weighted by molar-refractivity contribution is 5.89. The number of anilines is 1. The van der Waals surface area contributed by atoms with Crippen LogP contribution < -0.4 is 9.64 Å². The van der Waals surface area contributed by atoms with Gasteiger partial charge < -0.3 is 14.4 Å². The summed E-state index contributed by atoms with van der Waals surface area (Å²) in [5.74, 6) is 0.714. The molecule has 0 saturated carbocycles. The van der Waals surface area contributed by atoms with Gasteiger partial charge in [-0.25, -0.2) is 9.18 Å². The van der Waals surface area contributed by atoms with Crippen molar-refractivity contribution in [1.29, 1.82) is 0 Å². The van der Waals surface area contributed by atoms with Crippen molar-refractivity contribution in [2.45, 2.75) is 65.0 Å². The van der Waals surface area contributed by atoms with Crippen molar-refractivity contribution < 1.29 is 23.5 Å². The van der Waals surface area contributed by atoms with Gasteiger partial charge in [0.05, 0.1) is 13.2 Å². The Bertz CT molecular complexity index is 1340. The zero-order valence-electron chi connectivity index (χ0n) is 21.7. The van der Waals surface area contributed by atoms with Gasteiger partial charge in [0.2, 0.25) is 5.91 Å². The van der Waals surface area contributed by atoms with Crippen molar-refractivity contribution in [1.82, 2.24) is 19.5 Å². The number of fused-ring (bicyclic) bond motifs is 4. The lowest BCUT2D eigenvalue weighted by atomic mass is 9.89. The quantitative estimate of drug-likeness (QED) is 0.481. The van der Waals surface area contributed by atoms with Crippen molar-refractivity contribution >= 4 is 23.5 Å². The van der Waals surface area contributed by atoms with Crippen LogP contribution in [0, 0.1) is 5.82 Å². The van der Waals surface area contributed by atoms with E-state index in [1.807, 2.05) is 17.0 Å². The maximum absolute atomic E-state index is 15.0. The monoisotopic (exact) mass is 509 g/mol. The van der Waals surface area contributed by atoms with Crippen LogP contribution in [-0.2, 0) is 22.5 Å². The van der Waals surface area contributed by atoms with Gasteiger partial charge in [0, 0.05) is 37.6 Å². The topological polar surface area (TPSA) is 89.3 Å². The Kier molecular flexibility index (Phi) is 6.51. The highest BCUT2D eigenvalue weighted by atomic mass is 19.1. The van der Waals surface area contributed by atoms with Crippen molar-refractivity contribution in [3.63, 3.8) is 0 Å². The normalized spacial score (nSPS) is 16.8. The molecule has 2 aromatic heterocycles. The first-order valence-corrected chi connectivity index (χ1v) is 12.6. The Hall–Kier alpha value is -3.69. The summed E-state index contributed by atoms with van der Waals surface area (Å²) in [4.78, 5) is 28.6. The molecule has 4 heterocycles. The smallest absolute Gasteiger partial charge is 0.416 e. The first-order valence-electron chi connectivity index (χ1n) is 12.6. The molecule has 0 aliphatic carbocycles. The van der Waals surface area contributed by atoms with Gasteiger partial charge in [0.25, 0.3) is 0 Å². The molecule has 2 aliphatic heterocycles. The van der Waals surface area contributed by atoms with E-state index in [9.17, 15) is 9.59 Å². The van der Waals surface area contributed by atoms with Gasteiger partial charge in [0.1, 0.15) is 17.7 Å². The zero-order chi connectivity index (χ0) is 26.3. The molecule has 2 amide bonds. The average molecular weight is 510 g/mol. The SMILES string of the molecule is CC(=O)N1CCC(c2cc3c(n4cnnc24)N(C(=O)OC(C)(C)C)Cc2c(F)cccc2CCO3)CC1. The summed E-state index contributed by atoms with van der Waals surface area (Å²) in [7, 11) is 0. The van der Waals surface area contributed by atoms with E-state index in [-0.39, 0.29) is 24.2 Å². The number of aromatic nitrogens is 3. The largest absolute Gasteiger partial charge is 0.489 e. The standard InChI is InChI=1S/C27H32FN5O4/c1-17(34)31-11-8-19(9-12-31)20-14-23-25(33-16-29-30-24(20)33)32(26(35)37-27(2,3)4)15-21-18(10-13-36-23)6-5-7-22(21)28/h5-7,14,16,19H,8-13,15H2,1-4H3. The third kappa shape index (κ3) is 4.97. The number of ether oxygens (including phenoxy) is 2. The minimum Gasteiger partial charge on any atom is -0.489 e. The Morgan fingerprint density at radius 2 is 1.95 bits per heavy atom. The van der Waals surface area contributed by atoms with Gasteiger partial charge >= 0.3 is 6.09 Å². The molecular formula is C27H32FN5O4. The molecule has 1 aromatic carbocycles. The maximum Gasteiger partial charge on any atom is 0.416 e. The van der Waals surface area contributed by atoms with E-state index < -0.39 is 11.7 Å². The van der Waals surface area contributed by atoms with Crippen molar-refractivity contribution in [3.8, 4) is 5.75 Å². The molecule has 2 aliphatic rings.